The lowest BCUT2D eigenvalue weighted by molar-refractivity contribution is 0.1000. The minimum Gasteiger partial charge on any atom is -0.392 e. The summed E-state index contributed by atoms with van der Waals surface area (Å²) >= 11 is 6.06. The van der Waals surface area contributed by atoms with Crippen LogP contribution in [0.5, 0.6) is 0 Å². The summed E-state index contributed by atoms with van der Waals surface area (Å²) in [4.78, 5) is 11.0. The second kappa shape index (κ2) is 7.48. The fourth-order valence-electron chi connectivity index (χ4n) is 1.84. The summed E-state index contributed by atoms with van der Waals surface area (Å²) in [6.07, 6.45) is 0.408. The number of halogens is 1. The maximum absolute atomic E-state index is 11.0. The van der Waals surface area contributed by atoms with Crippen LogP contribution in [0.1, 0.15) is 36.2 Å². The van der Waals surface area contributed by atoms with Crippen LogP contribution in [-0.4, -0.2) is 23.7 Å². The normalized spacial score (nSPS) is 12.7. The maximum atomic E-state index is 11.0. The molecule has 106 valence electrons. The van der Waals surface area contributed by atoms with Crippen molar-refractivity contribution in [3.05, 3.63) is 34.3 Å². The highest BCUT2D eigenvalue weighted by Crippen LogP contribution is 2.17. The zero-order valence-corrected chi connectivity index (χ0v) is 12.1. The monoisotopic (exact) mass is 284 g/mol. The van der Waals surface area contributed by atoms with Crippen molar-refractivity contribution < 1.29 is 9.90 Å². The molecular weight excluding hydrogens is 264 g/mol. The molecule has 1 atom stereocenters. The highest BCUT2D eigenvalue weighted by Gasteiger charge is 2.08. The molecule has 1 aromatic carbocycles. The van der Waals surface area contributed by atoms with Gasteiger partial charge in [0.15, 0.2) is 0 Å². The largest absolute Gasteiger partial charge is 0.392 e. The van der Waals surface area contributed by atoms with Gasteiger partial charge in [-0.15, -0.1) is 0 Å². The van der Waals surface area contributed by atoms with Crippen molar-refractivity contribution in [3.63, 3.8) is 0 Å². The van der Waals surface area contributed by atoms with Crippen LogP contribution in [0.4, 0.5) is 0 Å². The van der Waals surface area contributed by atoms with Gasteiger partial charge in [0.05, 0.1) is 6.10 Å². The van der Waals surface area contributed by atoms with Gasteiger partial charge in [0.25, 0.3) is 0 Å². The number of hydrogen-bond donors (Lipinski definition) is 3. The topological polar surface area (TPSA) is 75.3 Å². The number of primary amides is 1. The number of amides is 1. The molecule has 5 heteroatoms. The van der Waals surface area contributed by atoms with Crippen LogP contribution in [0, 0.1) is 5.92 Å². The predicted octanol–water partition coefficient (Wildman–Crippen LogP) is 1.94. The SMILES string of the molecule is CC(C)CC(O)CNCc1ccc(C(N)=O)cc1Cl. The molecule has 1 unspecified atom stereocenters. The summed E-state index contributed by atoms with van der Waals surface area (Å²) in [5, 5.41) is 13.4. The van der Waals surface area contributed by atoms with E-state index in [-0.39, 0.29) is 6.10 Å². The molecule has 1 aromatic rings. The molecule has 0 aromatic heterocycles. The van der Waals surface area contributed by atoms with Crippen LogP contribution < -0.4 is 11.1 Å². The Balaban J connectivity index is 2.48. The van der Waals surface area contributed by atoms with Gasteiger partial charge in [-0.25, -0.2) is 0 Å². The number of nitrogens with two attached hydrogens (primary N) is 1. The predicted molar refractivity (Wildman–Crippen MR) is 77.1 cm³/mol. The number of rotatable bonds is 7. The lowest BCUT2D eigenvalue weighted by Gasteiger charge is -2.14. The van der Waals surface area contributed by atoms with Crippen LogP contribution in [0.25, 0.3) is 0 Å². The molecular formula is C14H21ClN2O2. The molecule has 0 aliphatic carbocycles. The van der Waals surface area contributed by atoms with Crippen LogP contribution in [0.2, 0.25) is 5.02 Å². The number of carbonyl (C=O) groups is 1. The molecule has 0 heterocycles. The zero-order chi connectivity index (χ0) is 14.4. The molecule has 1 amide bonds. The van der Waals surface area contributed by atoms with Crippen LogP contribution in [0.15, 0.2) is 18.2 Å². The van der Waals surface area contributed by atoms with E-state index in [1.807, 2.05) is 0 Å². The average Bonchev–Trinajstić information content (AvgIpc) is 2.29. The lowest BCUT2D eigenvalue weighted by atomic mass is 10.1. The Morgan fingerprint density at radius 2 is 2.16 bits per heavy atom. The molecule has 0 radical (unpaired) electrons. The third kappa shape index (κ3) is 5.59. The highest BCUT2D eigenvalue weighted by atomic mass is 35.5. The summed E-state index contributed by atoms with van der Waals surface area (Å²) in [7, 11) is 0. The highest BCUT2D eigenvalue weighted by molar-refractivity contribution is 6.31. The average molecular weight is 285 g/mol. The Morgan fingerprint density at radius 1 is 1.47 bits per heavy atom. The van der Waals surface area contributed by atoms with Crippen molar-refractivity contribution in [2.45, 2.75) is 32.9 Å². The quantitative estimate of drug-likeness (QED) is 0.716. The van der Waals surface area contributed by atoms with Gasteiger partial charge in [-0.05, 0) is 30.0 Å². The van der Waals surface area contributed by atoms with Gasteiger partial charge in [-0.1, -0.05) is 31.5 Å². The number of nitrogens with one attached hydrogen (secondary N) is 1. The van der Waals surface area contributed by atoms with Gasteiger partial charge >= 0.3 is 0 Å². The summed E-state index contributed by atoms with van der Waals surface area (Å²) in [6, 6.07) is 4.98. The fourth-order valence-corrected chi connectivity index (χ4v) is 2.09. The zero-order valence-electron chi connectivity index (χ0n) is 11.3. The van der Waals surface area contributed by atoms with Crippen molar-refractivity contribution in [1.82, 2.24) is 5.32 Å². The Bertz CT molecular complexity index is 435. The number of benzene rings is 1. The van der Waals surface area contributed by atoms with Gasteiger partial charge in [0, 0.05) is 23.7 Å². The Hall–Kier alpha value is -1.10. The van der Waals surface area contributed by atoms with E-state index in [9.17, 15) is 9.90 Å². The summed E-state index contributed by atoms with van der Waals surface area (Å²) in [5.74, 6) is -0.0241. The van der Waals surface area contributed by atoms with Crippen molar-refractivity contribution >= 4 is 17.5 Å². The van der Waals surface area contributed by atoms with Gasteiger partial charge < -0.3 is 16.2 Å². The van der Waals surface area contributed by atoms with Crippen molar-refractivity contribution in [3.8, 4) is 0 Å². The van der Waals surface area contributed by atoms with Crippen LogP contribution in [-0.2, 0) is 6.54 Å². The molecule has 0 aliphatic rings. The minimum absolute atomic E-state index is 0.358. The van der Waals surface area contributed by atoms with Crippen LogP contribution >= 0.6 is 11.6 Å². The van der Waals surface area contributed by atoms with E-state index in [0.717, 1.165) is 12.0 Å². The third-order valence-corrected chi connectivity index (χ3v) is 3.13. The first-order chi connectivity index (χ1) is 8.90. The van der Waals surface area contributed by atoms with Crippen LogP contribution in [0.3, 0.4) is 0 Å². The third-order valence-electron chi connectivity index (χ3n) is 2.78. The first-order valence-electron chi connectivity index (χ1n) is 6.37. The minimum atomic E-state index is -0.492. The molecule has 4 N–H and O–H groups in total. The Morgan fingerprint density at radius 3 is 2.68 bits per heavy atom. The van der Waals surface area contributed by atoms with E-state index in [4.69, 9.17) is 17.3 Å². The first-order valence-corrected chi connectivity index (χ1v) is 6.75. The molecule has 0 fully saturated rings. The van der Waals surface area contributed by atoms with E-state index >= 15 is 0 Å². The van der Waals surface area contributed by atoms with Gasteiger partial charge in [0.1, 0.15) is 0 Å². The van der Waals surface area contributed by atoms with E-state index in [1.54, 1.807) is 18.2 Å². The molecule has 0 aliphatic heterocycles. The number of hydrogen-bond acceptors (Lipinski definition) is 3. The summed E-state index contributed by atoms with van der Waals surface area (Å²) < 4.78 is 0. The molecule has 4 nitrogen and oxygen atoms in total. The van der Waals surface area contributed by atoms with E-state index < -0.39 is 5.91 Å². The van der Waals surface area contributed by atoms with Crippen molar-refractivity contribution in [1.29, 1.82) is 0 Å². The second-order valence-corrected chi connectivity index (χ2v) is 5.49. The molecule has 0 saturated heterocycles. The van der Waals surface area contributed by atoms with Gasteiger partial charge in [0.2, 0.25) is 5.91 Å². The van der Waals surface area contributed by atoms with Gasteiger partial charge in [-0.3, -0.25) is 4.79 Å². The molecule has 19 heavy (non-hydrogen) atoms. The Kier molecular flexibility index (Phi) is 6.28. The lowest BCUT2D eigenvalue weighted by Crippen LogP contribution is -2.27. The standard InChI is InChI=1S/C14H21ClN2O2/c1-9(2)5-12(18)8-17-7-11-4-3-10(14(16)19)6-13(11)15/h3-4,6,9,12,17-18H,5,7-8H2,1-2H3,(H2,16,19). The van der Waals surface area contributed by atoms with Crippen molar-refractivity contribution in [2.75, 3.05) is 6.54 Å². The van der Waals surface area contributed by atoms with Gasteiger partial charge in [-0.2, -0.15) is 0 Å². The van der Waals surface area contributed by atoms with E-state index in [1.165, 1.54) is 0 Å². The molecule has 0 saturated carbocycles. The maximum Gasteiger partial charge on any atom is 0.248 e. The summed E-state index contributed by atoms with van der Waals surface area (Å²) in [6.45, 7) is 5.21. The molecule has 0 bridgehead atoms. The van der Waals surface area contributed by atoms with E-state index in [2.05, 4.69) is 19.2 Å². The number of aliphatic hydroxyl groups excluding tert-OH is 1. The number of aliphatic hydroxyl groups is 1. The van der Waals surface area contributed by atoms with E-state index in [0.29, 0.717) is 29.6 Å². The fraction of sp³-hybridized carbons (Fsp3) is 0.500. The second-order valence-electron chi connectivity index (χ2n) is 5.08. The van der Waals surface area contributed by atoms with Crippen molar-refractivity contribution in [2.24, 2.45) is 11.7 Å². The molecule has 0 spiro atoms. The first kappa shape index (κ1) is 16.0. The Labute approximate surface area is 118 Å². The number of carbonyl (C=O) groups excluding carboxylic acids is 1. The molecule has 1 rings (SSSR count). The summed E-state index contributed by atoms with van der Waals surface area (Å²) in [5.41, 5.74) is 6.45. The smallest absolute Gasteiger partial charge is 0.248 e.